The van der Waals surface area contributed by atoms with Gasteiger partial charge in [0.05, 0.1) is 23.6 Å². The van der Waals surface area contributed by atoms with E-state index in [-0.39, 0.29) is 23.6 Å². The van der Waals surface area contributed by atoms with Crippen molar-refractivity contribution >= 4 is 16.9 Å². The molecule has 23 heavy (non-hydrogen) atoms. The van der Waals surface area contributed by atoms with Crippen LogP contribution in [-0.2, 0) is 4.74 Å². The van der Waals surface area contributed by atoms with Gasteiger partial charge < -0.3 is 4.74 Å². The first-order valence-corrected chi connectivity index (χ1v) is 7.53. The zero-order chi connectivity index (χ0) is 17.1. The van der Waals surface area contributed by atoms with E-state index in [1.807, 2.05) is 13.8 Å². The molecule has 124 valence electrons. The molecule has 0 radical (unpaired) electrons. The van der Waals surface area contributed by atoms with Crippen LogP contribution in [0.15, 0.2) is 16.9 Å². The quantitative estimate of drug-likeness (QED) is 0.792. The number of ether oxygens (including phenoxy) is 1. The number of hydrogen-bond acceptors (Lipinski definition) is 4. The van der Waals surface area contributed by atoms with Gasteiger partial charge in [-0.2, -0.15) is 5.10 Å². The van der Waals surface area contributed by atoms with Crippen molar-refractivity contribution in [3.05, 3.63) is 39.7 Å². The van der Waals surface area contributed by atoms with Crippen LogP contribution in [0.3, 0.4) is 0 Å². The summed E-state index contributed by atoms with van der Waals surface area (Å²) in [5, 5.41) is 3.98. The molecule has 0 unspecified atom stereocenters. The topological polar surface area (TPSA) is 61.2 Å². The van der Waals surface area contributed by atoms with Crippen LogP contribution in [0.4, 0.5) is 8.78 Å². The normalized spacial score (nSPS) is 11.2. The second-order valence-corrected chi connectivity index (χ2v) is 5.10. The molecular weight excluding hydrogens is 306 g/mol. The number of halogens is 2. The van der Waals surface area contributed by atoms with E-state index in [0.717, 1.165) is 12.1 Å². The van der Waals surface area contributed by atoms with Crippen LogP contribution in [0.1, 0.15) is 50.1 Å². The number of rotatable bonds is 5. The van der Waals surface area contributed by atoms with E-state index >= 15 is 0 Å². The molecule has 1 aromatic heterocycles. The van der Waals surface area contributed by atoms with Gasteiger partial charge >= 0.3 is 5.97 Å². The first kappa shape index (κ1) is 17.1. The Bertz CT molecular complexity index is 798. The minimum absolute atomic E-state index is 0.0841. The molecule has 0 aliphatic carbocycles. The number of carbonyl (C=O) groups is 1. The van der Waals surface area contributed by atoms with Crippen LogP contribution >= 0.6 is 0 Å². The molecule has 0 fully saturated rings. The number of carbonyl (C=O) groups excluding carboxylic acids is 1. The Kier molecular flexibility index (Phi) is 5.08. The average Bonchev–Trinajstić information content (AvgIpc) is 2.52. The Morgan fingerprint density at radius 2 is 1.83 bits per heavy atom. The van der Waals surface area contributed by atoms with Crippen LogP contribution in [0.2, 0.25) is 0 Å². The van der Waals surface area contributed by atoms with Gasteiger partial charge in [-0.05, 0) is 25.8 Å². The van der Waals surface area contributed by atoms with E-state index in [0.29, 0.717) is 12.8 Å². The summed E-state index contributed by atoms with van der Waals surface area (Å²) >= 11 is 0. The fraction of sp³-hybridized carbons (Fsp3) is 0.438. The van der Waals surface area contributed by atoms with Crippen molar-refractivity contribution in [1.29, 1.82) is 0 Å². The SMILES string of the molecule is CCOC(=O)c1nn(C(CC)CC)c2cc(F)c(F)cc2c1=O. The maximum Gasteiger partial charge on any atom is 0.362 e. The molecule has 0 saturated carbocycles. The number of esters is 1. The number of hydrogen-bond donors (Lipinski definition) is 0. The van der Waals surface area contributed by atoms with Gasteiger partial charge in [-0.25, -0.2) is 13.6 Å². The van der Waals surface area contributed by atoms with E-state index < -0.39 is 28.7 Å². The van der Waals surface area contributed by atoms with Crippen molar-refractivity contribution in [2.24, 2.45) is 0 Å². The van der Waals surface area contributed by atoms with Gasteiger partial charge in [0.25, 0.3) is 0 Å². The van der Waals surface area contributed by atoms with Crippen LogP contribution in [0.5, 0.6) is 0 Å². The van der Waals surface area contributed by atoms with Crippen molar-refractivity contribution in [3.63, 3.8) is 0 Å². The second kappa shape index (κ2) is 6.85. The monoisotopic (exact) mass is 324 g/mol. The summed E-state index contributed by atoms with van der Waals surface area (Å²) in [5.41, 5.74) is -1.02. The van der Waals surface area contributed by atoms with Gasteiger partial charge in [-0.3, -0.25) is 9.48 Å². The molecule has 0 N–H and O–H groups in total. The highest BCUT2D eigenvalue weighted by Crippen LogP contribution is 2.22. The predicted octanol–water partition coefficient (Wildman–Crippen LogP) is 3.21. The minimum Gasteiger partial charge on any atom is -0.461 e. The van der Waals surface area contributed by atoms with Crippen LogP contribution in [0.25, 0.3) is 10.9 Å². The van der Waals surface area contributed by atoms with Gasteiger partial charge in [-0.1, -0.05) is 13.8 Å². The standard InChI is InChI=1S/C16H18F2N2O3/c1-4-9(5-2)20-13-8-12(18)11(17)7-10(13)15(21)14(19-20)16(22)23-6-3/h7-9H,4-6H2,1-3H3. The number of aromatic nitrogens is 2. The molecule has 0 aliphatic rings. The van der Waals surface area contributed by atoms with Crippen molar-refractivity contribution in [3.8, 4) is 0 Å². The zero-order valence-corrected chi connectivity index (χ0v) is 13.2. The second-order valence-electron chi connectivity index (χ2n) is 5.10. The molecule has 0 aliphatic heterocycles. The van der Waals surface area contributed by atoms with E-state index in [2.05, 4.69) is 5.10 Å². The van der Waals surface area contributed by atoms with Gasteiger partial charge in [-0.15, -0.1) is 0 Å². The molecule has 1 heterocycles. The summed E-state index contributed by atoms with van der Waals surface area (Å²) in [6, 6.07) is 1.58. The third kappa shape index (κ3) is 3.09. The Labute approximate surface area is 131 Å². The summed E-state index contributed by atoms with van der Waals surface area (Å²) < 4.78 is 33.4. The highest BCUT2D eigenvalue weighted by molar-refractivity contribution is 5.91. The molecule has 0 bridgehead atoms. The lowest BCUT2D eigenvalue weighted by Crippen LogP contribution is -2.26. The Morgan fingerprint density at radius 1 is 1.22 bits per heavy atom. The van der Waals surface area contributed by atoms with Crippen LogP contribution in [0, 0.1) is 11.6 Å². The molecule has 2 rings (SSSR count). The van der Waals surface area contributed by atoms with Gasteiger partial charge in [0, 0.05) is 6.07 Å². The first-order valence-electron chi connectivity index (χ1n) is 7.53. The minimum atomic E-state index is -1.15. The molecule has 0 saturated heterocycles. The lowest BCUT2D eigenvalue weighted by molar-refractivity contribution is 0.0514. The molecule has 1 aromatic carbocycles. The van der Waals surface area contributed by atoms with Crippen LogP contribution in [-0.4, -0.2) is 22.4 Å². The molecule has 0 atom stereocenters. The highest BCUT2D eigenvalue weighted by atomic mass is 19.2. The molecule has 7 heteroatoms. The van der Waals surface area contributed by atoms with E-state index in [4.69, 9.17) is 4.74 Å². The summed E-state index contributed by atoms with van der Waals surface area (Å²) in [6.07, 6.45) is 1.31. The average molecular weight is 324 g/mol. The lowest BCUT2D eigenvalue weighted by atomic mass is 10.1. The fourth-order valence-corrected chi connectivity index (χ4v) is 2.49. The smallest absolute Gasteiger partial charge is 0.362 e. The Balaban J connectivity index is 2.85. The van der Waals surface area contributed by atoms with Crippen molar-refractivity contribution in [1.82, 2.24) is 9.78 Å². The number of nitrogens with zero attached hydrogens (tertiary/aromatic N) is 2. The molecule has 0 amide bonds. The van der Waals surface area contributed by atoms with E-state index in [1.165, 1.54) is 4.68 Å². The summed E-state index contributed by atoms with van der Waals surface area (Å²) in [5.74, 6) is -3.09. The number of benzene rings is 1. The maximum atomic E-state index is 13.6. The fourth-order valence-electron chi connectivity index (χ4n) is 2.49. The number of fused-ring (bicyclic) bond motifs is 1. The largest absolute Gasteiger partial charge is 0.461 e. The maximum absolute atomic E-state index is 13.6. The molecule has 5 nitrogen and oxygen atoms in total. The molecule has 2 aromatic rings. The lowest BCUT2D eigenvalue weighted by Gasteiger charge is -2.19. The van der Waals surface area contributed by atoms with E-state index in [9.17, 15) is 18.4 Å². The third-order valence-electron chi connectivity index (χ3n) is 3.71. The summed E-state index contributed by atoms with van der Waals surface area (Å²) in [6.45, 7) is 5.50. The summed E-state index contributed by atoms with van der Waals surface area (Å²) in [7, 11) is 0. The third-order valence-corrected chi connectivity index (χ3v) is 3.71. The van der Waals surface area contributed by atoms with Crippen molar-refractivity contribution < 1.29 is 18.3 Å². The molecular formula is C16H18F2N2O3. The van der Waals surface area contributed by atoms with Gasteiger partial charge in [0.15, 0.2) is 11.6 Å². The first-order chi connectivity index (χ1) is 10.9. The van der Waals surface area contributed by atoms with Crippen LogP contribution < -0.4 is 5.43 Å². The Hall–Kier alpha value is -2.31. The van der Waals surface area contributed by atoms with Gasteiger partial charge in [0.2, 0.25) is 11.1 Å². The predicted molar refractivity (Wildman–Crippen MR) is 81.5 cm³/mol. The van der Waals surface area contributed by atoms with E-state index in [1.54, 1.807) is 6.92 Å². The van der Waals surface area contributed by atoms with Gasteiger partial charge in [0.1, 0.15) is 0 Å². The summed E-state index contributed by atoms with van der Waals surface area (Å²) in [4.78, 5) is 24.3. The van der Waals surface area contributed by atoms with Crippen molar-refractivity contribution in [2.45, 2.75) is 39.7 Å². The molecule has 0 spiro atoms. The zero-order valence-electron chi connectivity index (χ0n) is 13.2. The Morgan fingerprint density at radius 3 is 2.39 bits per heavy atom. The highest BCUT2D eigenvalue weighted by Gasteiger charge is 2.22. The van der Waals surface area contributed by atoms with Crippen molar-refractivity contribution in [2.75, 3.05) is 6.61 Å².